The van der Waals surface area contributed by atoms with Crippen molar-refractivity contribution in [3.05, 3.63) is 50.9 Å². The monoisotopic (exact) mass is 478 g/mol. The van der Waals surface area contributed by atoms with Gasteiger partial charge in [-0.15, -0.1) is 35.3 Å². The van der Waals surface area contributed by atoms with Crippen molar-refractivity contribution in [2.24, 2.45) is 4.99 Å². The number of benzene rings is 1. The quantitative estimate of drug-likeness (QED) is 0.358. The molecule has 0 unspecified atom stereocenters. The van der Waals surface area contributed by atoms with Crippen molar-refractivity contribution in [3.8, 4) is 0 Å². The molecule has 4 nitrogen and oxygen atoms in total. The van der Waals surface area contributed by atoms with Crippen molar-refractivity contribution in [2.75, 3.05) is 19.6 Å². The van der Waals surface area contributed by atoms with Crippen LogP contribution in [0.15, 0.2) is 34.6 Å². The molecule has 2 N–H and O–H groups in total. The average Bonchev–Trinajstić information content (AvgIpc) is 2.94. The number of hydrogen-bond donors (Lipinski definition) is 2. The van der Waals surface area contributed by atoms with Gasteiger partial charge in [0.25, 0.3) is 0 Å². The van der Waals surface area contributed by atoms with E-state index >= 15 is 0 Å². The highest BCUT2D eigenvalue weighted by molar-refractivity contribution is 14.0. The van der Waals surface area contributed by atoms with Crippen LogP contribution in [0.25, 0.3) is 0 Å². The number of guanidine groups is 1. The summed E-state index contributed by atoms with van der Waals surface area (Å²) in [7, 11) is 0. The van der Waals surface area contributed by atoms with Crippen LogP contribution in [-0.2, 0) is 12.8 Å². The third-order valence-electron chi connectivity index (χ3n) is 3.29. The minimum absolute atomic E-state index is 0. The van der Waals surface area contributed by atoms with E-state index in [1.54, 1.807) is 11.3 Å². The van der Waals surface area contributed by atoms with E-state index in [9.17, 15) is 0 Å². The molecule has 0 saturated heterocycles. The molecule has 1 aromatic heterocycles. The van der Waals surface area contributed by atoms with Crippen LogP contribution < -0.4 is 10.6 Å². The van der Waals surface area contributed by atoms with E-state index in [1.165, 1.54) is 0 Å². The zero-order valence-electron chi connectivity index (χ0n) is 14.0. The lowest BCUT2D eigenvalue weighted by atomic mass is 10.1. The first-order valence-corrected chi connectivity index (χ1v) is 9.11. The largest absolute Gasteiger partial charge is 0.357 e. The van der Waals surface area contributed by atoms with Gasteiger partial charge < -0.3 is 10.6 Å². The fraction of sp³-hybridized carbons (Fsp3) is 0.412. The van der Waals surface area contributed by atoms with Gasteiger partial charge >= 0.3 is 0 Å². The number of aryl methyl sites for hydroxylation is 1. The Bertz CT molecular complexity index is 645. The molecule has 0 spiro atoms. The van der Waals surface area contributed by atoms with Crippen molar-refractivity contribution in [3.63, 3.8) is 0 Å². The summed E-state index contributed by atoms with van der Waals surface area (Å²) in [4.78, 5) is 9.06. The van der Waals surface area contributed by atoms with Gasteiger partial charge in [-0.1, -0.05) is 29.8 Å². The van der Waals surface area contributed by atoms with Gasteiger partial charge in [-0.05, 0) is 31.9 Å². The molecule has 132 valence electrons. The summed E-state index contributed by atoms with van der Waals surface area (Å²) in [5, 5.41) is 10.6. The molecular weight excluding hydrogens is 455 g/mol. The van der Waals surface area contributed by atoms with Crippen LogP contribution in [0.3, 0.4) is 0 Å². The Balaban J connectivity index is 0.00000288. The highest BCUT2D eigenvalue weighted by Crippen LogP contribution is 2.14. The highest BCUT2D eigenvalue weighted by atomic mass is 127. The van der Waals surface area contributed by atoms with E-state index in [4.69, 9.17) is 11.6 Å². The molecule has 0 bridgehead atoms. The Labute approximate surface area is 170 Å². The Kier molecular flexibility index (Phi) is 10.3. The third-order valence-corrected chi connectivity index (χ3v) is 4.48. The minimum Gasteiger partial charge on any atom is -0.357 e. The molecule has 0 aliphatic rings. The Morgan fingerprint density at radius 2 is 2.04 bits per heavy atom. The summed E-state index contributed by atoms with van der Waals surface area (Å²) in [5.41, 5.74) is 2.26. The first-order chi connectivity index (χ1) is 11.2. The van der Waals surface area contributed by atoms with Crippen LogP contribution in [0.1, 0.15) is 23.2 Å². The van der Waals surface area contributed by atoms with Crippen LogP contribution in [0.2, 0.25) is 5.02 Å². The van der Waals surface area contributed by atoms with E-state index in [0.717, 1.165) is 59.7 Å². The number of hydrogen-bond acceptors (Lipinski definition) is 3. The second-order valence-corrected chi connectivity index (χ2v) is 6.61. The smallest absolute Gasteiger partial charge is 0.191 e. The minimum atomic E-state index is 0. The lowest BCUT2D eigenvalue weighted by Gasteiger charge is -2.11. The predicted octanol–water partition coefficient (Wildman–Crippen LogP) is 4.06. The van der Waals surface area contributed by atoms with Crippen molar-refractivity contribution in [2.45, 2.75) is 26.7 Å². The number of aromatic nitrogens is 1. The van der Waals surface area contributed by atoms with Gasteiger partial charge in [0.05, 0.1) is 10.7 Å². The first kappa shape index (κ1) is 21.2. The summed E-state index contributed by atoms with van der Waals surface area (Å²) in [6.45, 7) is 6.45. The fourth-order valence-electron chi connectivity index (χ4n) is 2.16. The van der Waals surface area contributed by atoms with Crippen LogP contribution in [0.4, 0.5) is 0 Å². The molecule has 0 amide bonds. The molecule has 2 aromatic rings. The summed E-state index contributed by atoms with van der Waals surface area (Å²) < 4.78 is 0. The lowest BCUT2D eigenvalue weighted by molar-refractivity contribution is 0.795. The number of thiazole rings is 1. The molecule has 0 saturated carbocycles. The Hall–Kier alpha value is -0.860. The van der Waals surface area contributed by atoms with Gasteiger partial charge in [-0.2, -0.15) is 0 Å². The van der Waals surface area contributed by atoms with Crippen molar-refractivity contribution >= 4 is 52.9 Å². The molecule has 7 heteroatoms. The fourth-order valence-corrected chi connectivity index (χ4v) is 3.04. The molecule has 0 atom stereocenters. The Morgan fingerprint density at radius 1 is 1.25 bits per heavy atom. The number of nitrogens with zero attached hydrogens (tertiary/aromatic N) is 2. The summed E-state index contributed by atoms with van der Waals surface area (Å²) in [6.07, 6.45) is 1.74. The van der Waals surface area contributed by atoms with E-state index in [2.05, 4.69) is 39.0 Å². The highest BCUT2D eigenvalue weighted by Gasteiger charge is 2.02. The zero-order valence-corrected chi connectivity index (χ0v) is 17.9. The summed E-state index contributed by atoms with van der Waals surface area (Å²) in [6, 6.07) is 7.94. The van der Waals surface area contributed by atoms with Crippen LogP contribution in [0.5, 0.6) is 0 Å². The summed E-state index contributed by atoms with van der Waals surface area (Å²) >= 11 is 7.86. The molecule has 2 rings (SSSR count). The second kappa shape index (κ2) is 11.7. The van der Waals surface area contributed by atoms with Gasteiger partial charge in [-0.3, -0.25) is 4.99 Å². The van der Waals surface area contributed by atoms with Crippen LogP contribution in [-0.4, -0.2) is 30.6 Å². The summed E-state index contributed by atoms with van der Waals surface area (Å²) in [5.74, 6) is 0.839. The third kappa shape index (κ3) is 7.36. The molecule has 0 aliphatic heterocycles. The number of nitrogens with one attached hydrogen (secondary N) is 2. The van der Waals surface area contributed by atoms with Gasteiger partial charge in [0.1, 0.15) is 0 Å². The first-order valence-electron chi connectivity index (χ1n) is 7.85. The SMILES string of the molecule is CCNC(=NCCc1csc(C)n1)NCCc1ccccc1Cl.I. The van der Waals surface area contributed by atoms with Gasteiger partial charge in [0.15, 0.2) is 5.96 Å². The van der Waals surface area contributed by atoms with Crippen molar-refractivity contribution in [1.82, 2.24) is 15.6 Å². The number of aliphatic imine (C=N–C) groups is 1. The van der Waals surface area contributed by atoms with Crippen molar-refractivity contribution in [1.29, 1.82) is 0 Å². The molecule has 24 heavy (non-hydrogen) atoms. The van der Waals surface area contributed by atoms with E-state index < -0.39 is 0 Å². The maximum absolute atomic E-state index is 6.17. The number of halogens is 2. The van der Waals surface area contributed by atoms with Crippen molar-refractivity contribution < 1.29 is 0 Å². The van der Waals surface area contributed by atoms with Gasteiger partial charge in [0.2, 0.25) is 0 Å². The Morgan fingerprint density at radius 3 is 2.71 bits per heavy atom. The normalized spacial score (nSPS) is 11.0. The number of rotatable bonds is 7. The average molecular weight is 479 g/mol. The molecule has 0 radical (unpaired) electrons. The van der Waals surface area contributed by atoms with E-state index in [0.29, 0.717) is 0 Å². The van der Waals surface area contributed by atoms with Gasteiger partial charge in [0, 0.05) is 36.5 Å². The van der Waals surface area contributed by atoms with E-state index in [1.807, 2.05) is 25.1 Å². The molecule has 1 heterocycles. The molecular formula is C17H24ClIN4S. The van der Waals surface area contributed by atoms with Gasteiger partial charge in [-0.25, -0.2) is 4.98 Å². The zero-order chi connectivity index (χ0) is 16.5. The maximum atomic E-state index is 6.17. The standard InChI is InChI=1S/C17H23ClN4S.HI/c1-3-19-17(21-11-9-15-12-23-13(2)22-15)20-10-8-14-6-4-5-7-16(14)18;/h4-7,12H,3,8-11H2,1-2H3,(H2,19,20,21);1H. The van der Waals surface area contributed by atoms with E-state index in [-0.39, 0.29) is 24.0 Å². The predicted molar refractivity (Wildman–Crippen MR) is 115 cm³/mol. The molecule has 1 aromatic carbocycles. The lowest BCUT2D eigenvalue weighted by Crippen LogP contribution is -2.38. The second-order valence-electron chi connectivity index (χ2n) is 5.14. The maximum Gasteiger partial charge on any atom is 0.191 e. The van der Waals surface area contributed by atoms with Crippen LogP contribution in [0, 0.1) is 6.92 Å². The molecule has 0 aliphatic carbocycles. The molecule has 0 fully saturated rings. The van der Waals surface area contributed by atoms with Crippen LogP contribution >= 0.6 is 46.9 Å². The topological polar surface area (TPSA) is 49.3 Å².